The molecule has 33 valence electrons. The molecule has 0 unspecified atom stereocenters. The second-order valence-electron chi connectivity index (χ2n) is 1.58. The maximum absolute atomic E-state index is 8.14. The fourth-order valence-corrected chi connectivity index (χ4v) is 0. The van der Waals surface area contributed by atoms with Crippen LogP contribution in [0.15, 0.2) is 0 Å². The molecule has 0 spiro atoms. The Labute approximate surface area is 53.6 Å². The Kier molecular flexibility index (Phi) is 9.30. The molecule has 0 aliphatic rings. The molecule has 1 nitrogen and oxygen atoms in total. The van der Waals surface area contributed by atoms with Crippen molar-refractivity contribution in [1.82, 2.24) is 0 Å². The van der Waals surface area contributed by atoms with Crippen LogP contribution in [0.4, 0.5) is 0 Å². The molecule has 0 amide bonds. The summed E-state index contributed by atoms with van der Waals surface area (Å²) in [5.74, 6) is 0.440. The van der Waals surface area contributed by atoms with Gasteiger partial charge in [-0.15, -0.1) is 0 Å². The summed E-state index contributed by atoms with van der Waals surface area (Å²) in [5, 5.41) is 8.14. The molecule has 0 atom stereocenters. The van der Waals surface area contributed by atoms with Gasteiger partial charge in [0.15, 0.2) is 0 Å². The van der Waals surface area contributed by atoms with Gasteiger partial charge in [-0.25, -0.2) is 0 Å². The number of aliphatic hydroxyl groups is 1. The van der Waals surface area contributed by atoms with Crippen LogP contribution in [-0.4, -0.2) is 11.7 Å². The predicted molar refractivity (Wildman–Crippen MR) is 21.9 cm³/mol. The molecular formula is C4H10OTi+3. The third-order valence-corrected chi connectivity index (χ3v) is 0.365. The van der Waals surface area contributed by atoms with Gasteiger partial charge in [-0.05, 0) is 5.92 Å². The van der Waals surface area contributed by atoms with Gasteiger partial charge in [0.25, 0.3) is 0 Å². The van der Waals surface area contributed by atoms with Crippen molar-refractivity contribution in [3.05, 3.63) is 0 Å². The molecule has 1 radical (unpaired) electrons. The summed E-state index contributed by atoms with van der Waals surface area (Å²) < 4.78 is 0. The zero-order valence-corrected chi connectivity index (χ0v) is 5.79. The third kappa shape index (κ3) is 8.82. The second-order valence-corrected chi connectivity index (χ2v) is 1.58. The van der Waals surface area contributed by atoms with Crippen molar-refractivity contribution < 1.29 is 26.8 Å². The fraction of sp³-hybridized carbons (Fsp3) is 1.00. The zero-order chi connectivity index (χ0) is 4.28. The quantitative estimate of drug-likeness (QED) is 0.505. The van der Waals surface area contributed by atoms with E-state index in [9.17, 15) is 0 Å². The average molecular weight is 122 g/mol. The van der Waals surface area contributed by atoms with E-state index in [4.69, 9.17) is 5.11 Å². The van der Waals surface area contributed by atoms with Gasteiger partial charge in [0.1, 0.15) is 0 Å². The summed E-state index contributed by atoms with van der Waals surface area (Å²) in [4.78, 5) is 0. The van der Waals surface area contributed by atoms with E-state index in [-0.39, 0.29) is 21.7 Å². The standard InChI is InChI=1S/C4H10O.Ti/c1-4(2)3-5;/h4-5H,3H2,1-2H3;/q;+3. The molecule has 6 heavy (non-hydrogen) atoms. The smallest absolute Gasteiger partial charge is 0.396 e. The number of aliphatic hydroxyl groups excluding tert-OH is 1. The Hall–Kier alpha value is 0.674. The van der Waals surface area contributed by atoms with Crippen LogP contribution >= 0.6 is 0 Å². The molecular weight excluding hydrogens is 112 g/mol. The Balaban J connectivity index is 0. The van der Waals surface area contributed by atoms with Crippen molar-refractivity contribution >= 4 is 0 Å². The van der Waals surface area contributed by atoms with E-state index < -0.39 is 0 Å². The minimum atomic E-state index is 0. The summed E-state index contributed by atoms with van der Waals surface area (Å²) >= 11 is 0. The maximum atomic E-state index is 8.14. The van der Waals surface area contributed by atoms with E-state index in [0.717, 1.165) is 0 Å². The van der Waals surface area contributed by atoms with Crippen molar-refractivity contribution in [2.45, 2.75) is 13.8 Å². The third-order valence-electron chi connectivity index (χ3n) is 0.365. The van der Waals surface area contributed by atoms with Gasteiger partial charge in [0.05, 0.1) is 0 Å². The van der Waals surface area contributed by atoms with Gasteiger partial charge >= 0.3 is 21.7 Å². The van der Waals surface area contributed by atoms with Crippen LogP contribution in [0.2, 0.25) is 0 Å². The van der Waals surface area contributed by atoms with Gasteiger partial charge in [0.2, 0.25) is 0 Å². The van der Waals surface area contributed by atoms with Gasteiger partial charge in [0, 0.05) is 6.61 Å². The van der Waals surface area contributed by atoms with E-state index >= 15 is 0 Å². The minimum Gasteiger partial charge on any atom is -0.396 e. The van der Waals surface area contributed by atoms with Gasteiger partial charge in [-0.2, -0.15) is 0 Å². The van der Waals surface area contributed by atoms with Crippen molar-refractivity contribution in [2.75, 3.05) is 6.61 Å². The molecule has 1 N–H and O–H groups in total. The number of hydrogen-bond donors (Lipinski definition) is 1. The Morgan fingerprint density at radius 1 is 1.50 bits per heavy atom. The second kappa shape index (κ2) is 5.67. The maximum Gasteiger partial charge on any atom is 3.00 e. The van der Waals surface area contributed by atoms with Crippen molar-refractivity contribution in [3.63, 3.8) is 0 Å². The Bertz CT molecular complexity index is 21.5. The molecule has 0 saturated carbocycles. The molecule has 0 heterocycles. The average Bonchev–Trinajstić information content (AvgIpc) is 1.38. The zero-order valence-electron chi connectivity index (χ0n) is 4.23. The Morgan fingerprint density at radius 3 is 1.67 bits per heavy atom. The minimum absolute atomic E-state index is 0. The van der Waals surface area contributed by atoms with Crippen LogP contribution in [0.3, 0.4) is 0 Å². The van der Waals surface area contributed by atoms with E-state index in [1.54, 1.807) is 0 Å². The van der Waals surface area contributed by atoms with Crippen molar-refractivity contribution in [2.24, 2.45) is 5.92 Å². The van der Waals surface area contributed by atoms with Crippen LogP contribution in [0.1, 0.15) is 13.8 Å². The van der Waals surface area contributed by atoms with E-state index in [1.165, 1.54) is 0 Å². The molecule has 0 saturated heterocycles. The summed E-state index contributed by atoms with van der Waals surface area (Å²) in [5.41, 5.74) is 0. The van der Waals surface area contributed by atoms with Gasteiger partial charge < -0.3 is 5.11 Å². The van der Waals surface area contributed by atoms with E-state index in [1.807, 2.05) is 13.8 Å². The molecule has 0 aliphatic carbocycles. The van der Waals surface area contributed by atoms with Gasteiger partial charge in [-0.3, -0.25) is 0 Å². The first-order valence-electron chi connectivity index (χ1n) is 1.88. The summed E-state index contributed by atoms with van der Waals surface area (Å²) in [7, 11) is 0. The van der Waals surface area contributed by atoms with E-state index in [0.29, 0.717) is 12.5 Å². The monoisotopic (exact) mass is 122 g/mol. The normalized spacial score (nSPS) is 8.00. The molecule has 0 bridgehead atoms. The van der Waals surface area contributed by atoms with Gasteiger partial charge in [-0.1, -0.05) is 13.8 Å². The van der Waals surface area contributed by atoms with Crippen LogP contribution < -0.4 is 0 Å². The molecule has 0 aromatic rings. The molecule has 0 aromatic heterocycles. The SMILES string of the molecule is CC(C)CO.[Ti+3]. The Morgan fingerprint density at radius 2 is 1.67 bits per heavy atom. The largest absolute Gasteiger partial charge is 3.00 e. The van der Waals surface area contributed by atoms with E-state index in [2.05, 4.69) is 0 Å². The molecule has 2 heteroatoms. The fourth-order valence-electron chi connectivity index (χ4n) is 0. The van der Waals surface area contributed by atoms with Crippen molar-refractivity contribution in [1.29, 1.82) is 0 Å². The molecule has 0 aromatic carbocycles. The topological polar surface area (TPSA) is 20.2 Å². The summed E-state index contributed by atoms with van der Waals surface area (Å²) in [6.07, 6.45) is 0. The first-order chi connectivity index (χ1) is 2.27. The first-order valence-corrected chi connectivity index (χ1v) is 1.88. The molecule has 0 fully saturated rings. The van der Waals surface area contributed by atoms with Crippen LogP contribution in [0.25, 0.3) is 0 Å². The molecule has 0 rings (SSSR count). The number of hydrogen-bond acceptors (Lipinski definition) is 1. The van der Waals surface area contributed by atoms with Crippen LogP contribution in [-0.2, 0) is 21.7 Å². The van der Waals surface area contributed by atoms with Crippen LogP contribution in [0.5, 0.6) is 0 Å². The first kappa shape index (κ1) is 9.84. The van der Waals surface area contributed by atoms with Crippen LogP contribution in [0, 0.1) is 5.92 Å². The summed E-state index contributed by atoms with van der Waals surface area (Å²) in [6, 6.07) is 0. The predicted octanol–water partition coefficient (Wildman–Crippen LogP) is 0.632. The number of rotatable bonds is 1. The van der Waals surface area contributed by atoms with Crippen molar-refractivity contribution in [3.8, 4) is 0 Å². The molecule has 0 aliphatic heterocycles. The summed E-state index contributed by atoms with van der Waals surface area (Å²) in [6.45, 7) is 4.25.